The summed E-state index contributed by atoms with van der Waals surface area (Å²) in [7, 11) is 1.69. The van der Waals surface area contributed by atoms with E-state index in [0.717, 1.165) is 42.9 Å². The number of ether oxygens (including phenoxy) is 2. The van der Waals surface area contributed by atoms with Crippen LogP contribution in [0.1, 0.15) is 37.0 Å². The van der Waals surface area contributed by atoms with Crippen molar-refractivity contribution in [2.45, 2.75) is 45.7 Å². The lowest BCUT2D eigenvalue weighted by molar-refractivity contribution is 0.308. The van der Waals surface area contributed by atoms with Crippen molar-refractivity contribution >= 4 is 12.4 Å². The van der Waals surface area contributed by atoms with Gasteiger partial charge in [0.1, 0.15) is 0 Å². The van der Waals surface area contributed by atoms with Crippen LogP contribution >= 0.6 is 12.4 Å². The second kappa shape index (κ2) is 12.4. The average Bonchev–Trinajstić information content (AvgIpc) is 2.67. The first kappa shape index (κ1) is 23.1. The molecule has 1 atom stereocenters. The first-order chi connectivity index (χ1) is 12.7. The van der Waals surface area contributed by atoms with Gasteiger partial charge < -0.3 is 14.8 Å². The summed E-state index contributed by atoms with van der Waals surface area (Å²) in [6, 6.07) is 15.3. The molecular weight excluding hydrogens is 358 g/mol. The SMILES string of the molecule is C=CCc1cc(CNC(C)CCc2ccccc2)cc(OC)c1OCC.Cl. The van der Waals surface area contributed by atoms with E-state index in [1.54, 1.807) is 7.11 Å². The predicted molar refractivity (Wildman–Crippen MR) is 116 cm³/mol. The van der Waals surface area contributed by atoms with E-state index in [2.05, 4.69) is 61.3 Å². The number of nitrogens with one attached hydrogen (secondary N) is 1. The van der Waals surface area contributed by atoms with Gasteiger partial charge in [-0.15, -0.1) is 19.0 Å². The molecule has 0 aliphatic carbocycles. The molecular formula is C23H32ClNO2. The summed E-state index contributed by atoms with van der Waals surface area (Å²) in [6.45, 7) is 9.51. The molecule has 3 nitrogen and oxygen atoms in total. The second-order valence-electron chi connectivity index (χ2n) is 6.52. The Kier molecular flexibility index (Phi) is 10.6. The zero-order chi connectivity index (χ0) is 18.8. The van der Waals surface area contributed by atoms with Crippen LogP contribution in [0.15, 0.2) is 55.1 Å². The molecule has 0 aliphatic heterocycles. The Morgan fingerprint density at radius 1 is 1.15 bits per heavy atom. The van der Waals surface area contributed by atoms with Crippen LogP contribution in [0.2, 0.25) is 0 Å². The van der Waals surface area contributed by atoms with E-state index in [1.807, 2.05) is 13.0 Å². The molecule has 0 bridgehead atoms. The summed E-state index contributed by atoms with van der Waals surface area (Å²) in [6.07, 6.45) is 4.86. The summed E-state index contributed by atoms with van der Waals surface area (Å²) in [5.74, 6) is 1.62. The Hall–Kier alpha value is -1.97. The zero-order valence-electron chi connectivity index (χ0n) is 16.7. The van der Waals surface area contributed by atoms with Crippen LogP contribution in [0.4, 0.5) is 0 Å². The number of benzene rings is 2. The normalized spacial score (nSPS) is 11.4. The van der Waals surface area contributed by atoms with Crippen LogP contribution in [0.3, 0.4) is 0 Å². The zero-order valence-corrected chi connectivity index (χ0v) is 17.5. The van der Waals surface area contributed by atoms with Gasteiger partial charge >= 0.3 is 0 Å². The second-order valence-corrected chi connectivity index (χ2v) is 6.52. The van der Waals surface area contributed by atoms with Gasteiger partial charge in [-0.05, 0) is 50.3 Å². The number of methoxy groups -OCH3 is 1. The molecule has 148 valence electrons. The third-order valence-electron chi connectivity index (χ3n) is 4.43. The number of hydrogen-bond donors (Lipinski definition) is 1. The summed E-state index contributed by atoms with van der Waals surface area (Å²) >= 11 is 0. The monoisotopic (exact) mass is 389 g/mol. The largest absolute Gasteiger partial charge is 0.493 e. The van der Waals surface area contributed by atoms with E-state index in [9.17, 15) is 0 Å². The summed E-state index contributed by atoms with van der Waals surface area (Å²) in [5.41, 5.74) is 3.71. The lowest BCUT2D eigenvalue weighted by Gasteiger charge is -2.18. The van der Waals surface area contributed by atoms with Gasteiger partial charge in [0, 0.05) is 18.2 Å². The predicted octanol–water partition coefficient (Wildman–Crippen LogP) is 5.36. The fraction of sp³-hybridized carbons (Fsp3) is 0.391. The lowest BCUT2D eigenvalue weighted by Crippen LogP contribution is -2.26. The van der Waals surface area contributed by atoms with E-state index >= 15 is 0 Å². The Morgan fingerprint density at radius 3 is 2.52 bits per heavy atom. The molecule has 0 heterocycles. The van der Waals surface area contributed by atoms with Gasteiger partial charge in [-0.1, -0.05) is 42.5 Å². The maximum atomic E-state index is 5.79. The van der Waals surface area contributed by atoms with E-state index in [1.165, 1.54) is 11.1 Å². The third-order valence-corrected chi connectivity index (χ3v) is 4.43. The van der Waals surface area contributed by atoms with Crippen molar-refractivity contribution in [1.29, 1.82) is 0 Å². The van der Waals surface area contributed by atoms with Crippen molar-refractivity contribution in [3.05, 3.63) is 71.8 Å². The van der Waals surface area contributed by atoms with Gasteiger partial charge in [-0.25, -0.2) is 0 Å². The Balaban J connectivity index is 0.00000364. The highest BCUT2D eigenvalue weighted by Gasteiger charge is 2.13. The van der Waals surface area contributed by atoms with Crippen molar-refractivity contribution in [1.82, 2.24) is 5.32 Å². The highest BCUT2D eigenvalue weighted by molar-refractivity contribution is 5.85. The van der Waals surface area contributed by atoms with Gasteiger partial charge in [-0.3, -0.25) is 0 Å². The number of aryl methyl sites for hydroxylation is 1. The Labute approximate surface area is 170 Å². The number of hydrogen-bond acceptors (Lipinski definition) is 3. The molecule has 4 heteroatoms. The third kappa shape index (κ3) is 7.28. The maximum absolute atomic E-state index is 5.79. The van der Waals surface area contributed by atoms with Crippen LogP contribution in [0.5, 0.6) is 11.5 Å². The Bertz CT molecular complexity index is 688. The average molecular weight is 390 g/mol. The molecule has 0 radical (unpaired) electrons. The molecule has 2 aromatic rings. The fourth-order valence-electron chi connectivity index (χ4n) is 3.01. The minimum atomic E-state index is 0. The van der Waals surface area contributed by atoms with E-state index in [0.29, 0.717) is 12.6 Å². The van der Waals surface area contributed by atoms with Crippen LogP contribution < -0.4 is 14.8 Å². The van der Waals surface area contributed by atoms with Crippen molar-refractivity contribution < 1.29 is 9.47 Å². The van der Waals surface area contributed by atoms with Gasteiger partial charge in [0.2, 0.25) is 0 Å². The maximum Gasteiger partial charge on any atom is 0.164 e. The molecule has 1 unspecified atom stereocenters. The fourth-order valence-corrected chi connectivity index (χ4v) is 3.01. The first-order valence-electron chi connectivity index (χ1n) is 9.38. The molecule has 0 aromatic heterocycles. The van der Waals surface area contributed by atoms with Gasteiger partial charge in [0.25, 0.3) is 0 Å². The minimum Gasteiger partial charge on any atom is -0.493 e. The molecule has 0 saturated heterocycles. The number of allylic oxidation sites excluding steroid dienone is 1. The van der Waals surface area contributed by atoms with E-state index < -0.39 is 0 Å². The van der Waals surface area contributed by atoms with E-state index in [-0.39, 0.29) is 12.4 Å². The van der Waals surface area contributed by atoms with Gasteiger partial charge in [-0.2, -0.15) is 0 Å². The summed E-state index contributed by atoms with van der Waals surface area (Å²) in [4.78, 5) is 0. The summed E-state index contributed by atoms with van der Waals surface area (Å²) < 4.78 is 11.3. The van der Waals surface area contributed by atoms with Gasteiger partial charge in [0.15, 0.2) is 11.5 Å². The standard InChI is InChI=1S/C23H31NO2.ClH/c1-5-10-21-15-20(16-22(25-4)23(21)26-6-2)17-24-18(3)13-14-19-11-8-7-9-12-19;/h5,7-9,11-12,15-16,18,24H,1,6,10,13-14,17H2,2-4H3;1H. The van der Waals surface area contributed by atoms with Crippen molar-refractivity contribution in [3.8, 4) is 11.5 Å². The molecule has 0 saturated carbocycles. The van der Waals surface area contributed by atoms with Crippen LogP contribution in [0, 0.1) is 0 Å². The molecule has 1 N–H and O–H groups in total. The van der Waals surface area contributed by atoms with Crippen molar-refractivity contribution in [2.75, 3.05) is 13.7 Å². The topological polar surface area (TPSA) is 30.5 Å². The van der Waals surface area contributed by atoms with Crippen LogP contribution in [0.25, 0.3) is 0 Å². The van der Waals surface area contributed by atoms with Crippen LogP contribution in [-0.2, 0) is 19.4 Å². The molecule has 0 aliphatic rings. The Morgan fingerprint density at radius 2 is 1.89 bits per heavy atom. The molecule has 0 spiro atoms. The molecule has 0 amide bonds. The highest BCUT2D eigenvalue weighted by Crippen LogP contribution is 2.33. The number of rotatable bonds is 11. The van der Waals surface area contributed by atoms with Crippen molar-refractivity contribution in [3.63, 3.8) is 0 Å². The van der Waals surface area contributed by atoms with Gasteiger partial charge in [0.05, 0.1) is 13.7 Å². The first-order valence-corrected chi connectivity index (χ1v) is 9.38. The smallest absolute Gasteiger partial charge is 0.164 e. The molecule has 2 rings (SSSR count). The molecule has 2 aromatic carbocycles. The molecule has 27 heavy (non-hydrogen) atoms. The van der Waals surface area contributed by atoms with E-state index in [4.69, 9.17) is 9.47 Å². The number of halogens is 1. The quantitative estimate of drug-likeness (QED) is 0.525. The highest BCUT2D eigenvalue weighted by atomic mass is 35.5. The molecule has 0 fully saturated rings. The minimum absolute atomic E-state index is 0. The summed E-state index contributed by atoms with van der Waals surface area (Å²) in [5, 5.41) is 3.62. The van der Waals surface area contributed by atoms with Crippen LogP contribution in [-0.4, -0.2) is 19.8 Å². The lowest BCUT2D eigenvalue weighted by atomic mass is 10.0. The van der Waals surface area contributed by atoms with Crippen molar-refractivity contribution in [2.24, 2.45) is 0 Å².